The van der Waals surface area contributed by atoms with Gasteiger partial charge in [0.05, 0.1) is 17.0 Å². The van der Waals surface area contributed by atoms with E-state index in [1.165, 1.54) is 0 Å². The van der Waals surface area contributed by atoms with E-state index in [0.29, 0.717) is 5.92 Å². The number of nitrogens with zero attached hydrogens (tertiary/aromatic N) is 3. The van der Waals surface area contributed by atoms with Gasteiger partial charge in [0.15, 0.2) is 0 Å². The molecule has 2 aromatic heterocycles. The van der Waals surface area contributed by atoms with Crippen LogP contribution in [0.25, 0.3) is 11.3 Å². The summed E-state index contributed by atoms with van der Waals surface area (Å²) < 4.78 is 10.3. The third-order valence-electron chi connectivity index (χ3n) is 4.82. The van der Waals surface area contributed by atoms with Crippen molar-refractivity contribution in [1.82, 2.24) is 15.0 Å². The fourth-order valence-corrected chi connectivity index (χ4v) is 3.44. The second-order valence-corrected chi connectivity index (χ2v) is 6.46. The number of methoxy groups -OCH3 is 1. The van der Waals surface area contributed by atoms with Crippen molar-refractivity contribution >= 4 is 5.91 Å². The highest BCUT2D eigenvalue weighted by atomic mass is 16.5. The standard InChI is InChI=1S/C19H25N3O3/c1-4-17-19(13(2)21-25-17)16-7-5-6-15(20-16)14-8-10-22(11-9-14)18(23)12-24-3/h5-7,14H,4,8-12H2,1-3H3. The average molecular weight is 343 g/mol. The molecule has 134 valence electrons. The number of aryl methyl sites for hydroxylation is 2. The van der Waals surface area contributed by atoms with Gasteiger partial charge in [0.2, 0.25) is 5.91 Å². The minimum Gasteiger partial charge on any atom is -0.375 e. The maximum Gasteiger partial charge on any atom is 0.248 e. The van der Waals surface area contributed by atoms with Crippen molar-refractivity contribution in [3.8, 4) is 11.3 Å². The Morgan fingerprint density at radius 3 is 2.80 bits per heavy atom. The summed E-state index contributed by atoms with van der Waals surface area (Å²) in [4.78, 5) is 18.7. The van der Waals surface area contributed by atoms with Crippen molar-refractivity contribution in [2.24, 2.45) is 0 Å². The lowest BCUT2D eigenvalue weighted by atomic mass is 9.92. The molecule has 0 saturated carbocycles. The van der Waals surface area contributed by atoms with Gasteiger partial charge in [-0.25, -0.2) is 0 Å². The first kappa shape index (κ1) is 17.6. The molecule has 25 heavy (non-hydrogen) atoms. The number of carbonyl (C=O) groups excluding carboxylic acids is 1. The van der Waals surface area contributed by atoms with E-state index < -0.39 is 0 Å². The molecule has 0 aliphatic carbocycles. The summed E-state index contributed by atoms with van der Waals surface area (Å²) in [5.41, 5.74) is 3.89. The molecule has 1 aliphatic rings. The maximum atomic E-state index is 11.9. The first-order valence-corrected chi connectivity index (χ1v) is 8.83. The fourth-order valence-electron chi connectivity index (χ4n) is 3.44. The molecule has 0 N–H and O–H groups in total. The minimum atomic E-state index is 0.0651. The third-order valence-corrected chi connectivity index (χ3v) is 4.82. The molecule has 0 radical (unpaired) electrons. The Labute approximate surface area is 148 Å². The molecule has 0 aromatic carbocycles. The topological polar surface area (TPSA) is 68.5 Å². The number of likely N-dealkylation sites (tertiary alicyclic amines) is 1. The lowest BCUT2D eigenvalue weighted by Crippen LogP contribution is -2.39. The predicted octanol–water partition coefficient (Wildman–Crippen LogP) is 2.96. The van der Waals surface area contributed by atoms with E-state index in [9.17, 15) is 4.79 Å². The molecule has 6 nitrogen and oxygen atoms in total. The Kier molecular flexibility index (Phi) is 5.48. The quantitative estimate of drug-likeness (QED) is 0.835. The molecule has 0 bridgehead atoms. The predicted molar refractivity (Wildman–Crippen MR) is 94.3 cm³/mol. The Balaban J connectivity index is 1.75. The summed E-state index contributed by atoms with van der Waals surface area (Å²) in [5, 5.41) is 4.08. The number of piperidine rings is 1. The van der Waals surface area contributed by atoms with Gasteiger partial charge in [0.1, 0.15) is 12.4 Å². The first-order chi connectivity index (χ1) is 12.1. The highest BCUT2D eigenvalue weighted by molar-refractivity contribution is 5.77. The average Bonchev–Trinajstić information content (AvgIpc) is 3.03. The molecule has 3 heterocycles. The molecule has 0 atom stereocenters. The number of hydrogen-bond acceptors (Lipinski definition) is 5. The Bertz CT molecular complexity index is 733. The summed E-state index contributed by atoms with van der Waals surface area (Å²) in [6.07, 6.45) is 2.65. The largest absolute Gasteiger partial charge is 0.375 e. The van der Waals surface area contributed by atoms with Gasteiger partial charge in [-0.3, -0.25) is 9.78 Å². The molecular weight excluding hydrogens is 318 g/mol. The van der Waals surface area contributed by atoms with Crippen LogP contribution in [0.2, 0.25) is 0 Å². The second-order valence-electron chi connectivity index (χ2n) is 6.46. The number of amides is 1. The molecule has 1 amide bonds. The van der Waals surface area contributed by atoms with Crippen LogP contribution < -0.4 is 0 Å². The van der Waals surface area contributed by atoms with Crippen molar-refractivity contribution < 1.29 is 14.1 Å². The van der Waals surface area contributed by atoms with E-state index >= 15 is 0 Å². The van der Waals surface area contributed by atoms with E-state index in [-0.39, 0.29) is 12.5 Å². The number of hydrogen-bond donors (Lipinski definition) is 0. The van der Waals surface area contributed by atoms with E-state index in [0.717, 1.165) is 60.8 Å². The third kappa shape index (κ3) is 3.74. The monoisotopic (exact) mass is 343 g/mol. The zero-order chi connectivity index (χ0) is 17.8. The van der Waals surface area contributed by atoms with Gasteiger partial charge in [-0.2, -0.15) is 0 Å². The van der Waals surface area contributed by atoms with Crippen LogP contribution in [-0.2, 0) is 16.0 Å². The van der Waals surface area contributed by atoms with Gasteiger partial charge in [-0.15, -0.1) is 0 Å². The van der Waals surface area contributed by atoms with Crippen LogP contribution >= 0.6 is 0 Å². The van der Waals surface area contributed by atoms with Gasteiger partial charge >= 0.3 is 0 Å². The van der Waals surface area contributed by atoms with Gasteiger partial charge in [0.25, 0.3) is 0 Å². The maximum absolute atomic E-state index is 11.9. The Morgan fingerprint density at radius 1 is 1.36 bits per heavy atom. The van der Waals surface area contributed by atoms with Crippen molar-refractivity contribution in [2.75, 3.05) is 26.8 Å². The van der Waals surface area contributed by atoms with Crippen LogP contribution in [0.5, 0.6) is 0 Å². The van der Waals surface area contributed by atoms with E-state index in [4.69, 9.17) is 14.2 Å². The lowest BCUT2D eigenvalue weighted by molar-refractivity contribution is -0.136. The normalized spacial score (nSPS) is 15.6. The van der Waals surface area contributed by atoms with Crippen LogP contribution in [0.1, 0.15) is 42.8 Å². The number of pyridine rings is 1. The van der Waals surface area contributed by atoms with Crippen molar-refractivity contribution in [2.45, 2.75) is 39.0 Å². The summed E-state index contributed by atoms with van der Waals surface area (Å²) in [5.74, 6) is 1.31. The second kappa shape index (κ2) is 7.78. The van der Waals surface area contributed by atoms with Gasteiger partial charge < -0.3 is 14.2 Å². The van der Waals surface area contributed by atoms with Crippen LogP contribution in [0.4, 0.5) is 0 Å². The Hall–Kier alpha value is -2.21. The highest BCUT2D eigenvalue weighted by Gasteiger charge is 2.25. The van der Waals surface area contributed by atoms with Crippen LogP contribution in [-0.4, -0.2) is 47.8 Å². The fraction of sp³-hybridized carbons (Fsp3) is 0.526. The molecule has 0 spiro atoms. The van der Waals surface area contributed by atoms with Gasteiger partial charge in [0, 0.05) is 38.2 Å². The summed E-state index contributed by atoms with van der Waals surface area (Å²) in [6.45, 7) is 5.67. The lowest BCUT2D eigenvalue weighted by Gasteiger charge is -2.31. The van der Waals surface area contributed by atoms with Gasteiger partial charge in [-0.1, -0.05) is 18.1 Å². The molecule has 2 aromatic rings. The number of carbonyl (C=O) groups is 1. The number of aromatic nitrogens is 2. The summed E-state index contributed by atoms with van der Waals surface area (Å²) in [6, 6.07) is 6.14. The SMILES string of the molecule is CCc1onc(C)c1-c1cccc(C2CCN(C(=O)COC)CC2)n1. The van der Waals surface area contributed by atoms with E-state index in [2.05, 4.69) is 18.1 Å². The van der Waals surface area contributed by atoms with Crippen LogP contribution in [0, 0.1) is 6.92 Å². The smallest absolute Gasteiger partial charge is 0.248 e. The molecule has 1 fully saturated rings. The van der Waals surface area contributed by atoms with Crippen LogP contribution in [0.3, 0.4) is 0 Å². The molecule has 0 unspecified atom stereocenters. The molecule has 1 saturated heterocycles. The van der Waals surface area contributed by atoms with Crippen molar-refractivity contribution in [3.05, 3.63) is 35.3 Å². The van der Waals surface area contributed by atoms with Crippen molar-refractivity contribution in [3.63, 3.8) is 0 Å². The molecule has 6 heteroatoms. The highest BCUT2D eigenvalue weighted by Crippen LogP contribution is 2.31. The van der Waals surface area contributed by atoms with E-state index in [1.54, 1.807) is 7.11 Å². The zero-order valence-electron chi connectivity index (χ0n) is 15.1. The molecule has 1 aliphatic heterocycles. The number of rotatable bonds is 5. The molecular formula is C19H25N3O3. The summed E-state index contributed by atoms with van der Waals surface area (Å²) >= 11 is 0. The van der Waals surface area contributed by atoms with Crippen LogP contribution in [0.15, 0.2) is 22.7 Å². The number of ether oxygens (including phenoxy) is 1. The molecule has 3 rings (SSSR count). The first-order valence-electron chi connectivity index (χ1n) is 8.83. The van der Waals surface area contributed by atoms with Crippen molar-refractivity contribution in [1.29, 1.82) is 0 Å². The summed E-state index contributed by atoms with van der Waals surface area (Å²) in [7, 11) is 1.55. The minimum absolute atomic E-state index is 0.0651. The van der Waals surface area contributed by atoms with Gasteiger partial charge in [-0.05, 0) is 31.9 Å². The zero-order valence-corrected chi connectivity index (χ0v) is 15.1. The Morgan fingerprint density at radius 2 is 2.12 bits per heavy atom. The van der Waals surface area contributed by atoms with E-state index in [1.807, 2.05) is 24.0 Å².